The molecule has 5 rings (SSSR count). The molecule has 0 radical (unpaired) electrons. The van der Waals surface area contributed by atoms with E-state index in [4.69, 9.17) is 9.72 Å². The maximum Gasteiger partial charge on any atom is 0.277 e. The van der Waals surface area contributed by atoms with Crippen LogP contribution in [0, 0.1) is 12.8 Å². The van der Waals surface area contributed by atoms with E-state index in [0.717, 1.165) is 30.6 Å². The van der Waals surface area contributed by atoms with E-state index in [1.54, 1.807) is 11.7 Å². The topological polar surface area (TPSA) is 76.5 Å². The number of benzene rings is 2. The zero-order chi connectivity index (χ0) is 23.7. The van der Waals surface area contributed by atoms with Crippen molar-refractivity contribution in [3.05, 3.63) is 75.9 Å². The van der Waals surface area contributed by atoms with Gasteiger partial charge in [0.1, 0.15) is 10.4 Å². The van der Waals surface area contributed by atoms with Crippen LogP contribution >= 0.6 is 11.3 Å². The molecular formula is C26H26N4O3S. The van der Waals surface area contributed by atoms with Gasteiger partial charge in [-0.25, -0.2) is 9.55 Å². The van der Waals surface area contributed by atoms with E-state index in [9.17, 15) is 9.59 Å². The number of anilines is 2. The summed E-state index contributed by atoms with van der Waals surface area (Å²) < 4.78 is 7.64. The van der Waals surface area contributed by atoms with Crippen molar-refractivity contribution < 1.29 is 9.53 Å². The van der Waals surface area contributed by atoms with Crippen LogP contribution in [0.2, 0.25) is 0 Å². The quantitative estimate of drug-likeness (QED) is 0.457. The molecule has 174 valence electrons. The molecule has 4 aromatic rings. The number of fused-ring (bicyclic) bond motifs is 1. The highest BCUT2D eigenvalue weighted by Gasteiger charge is 2.29. The van der Waals surface area contributed by atoms with Gasteiger partial charge in [-0.1, -0.05) is 18.2 Å². The lowest BCUT2D eigenvalue weighted by molar-refractivity contribution is -0.120. The fourth-order valence-corrected chi connectivity index (χ4v) is 5.19. The maximum absolute atomic E-state index is 13.5. The lowest BCUT2D eigenvalue weighted by Crippen LogP contribution is -2.43. The summed E-state index contributed by atoms with van der Waals surface area (Å²) in [5.74, 6) is 0.998. The Balaban J connectivity index is 1.50. The summed E-state index contributed by atoms with van der Waals surface area (Å²) in [5, 5.41) is 4.94. The largest absolute Gasteiger partial charge is 0.497 e. The average Bonchev–Trinajstić information content (AvgIpc) is 3.33. The number of nitrogens with one attached hydrogen (secondary N) is 1. The molecule has 0 saturated carbocycles. The van der Waals surface area contributed by atoms with Crippen molar-refractivity contribution in [2.45, 2.75) is 19.8 Å². The van der Waals surface area contributed by atoms with Crippen LogP contribution in [-0.4, -0.2) is 35.7 Å². The Labute approximate surface area is 201 Å². The molecule has 34 heavy (non-hydrogen) atoms. The third-order valence-corrected chi connectivity index (χ3v) is 7.03. The Hall–Kier alpha value is -3.65. The lowest BCUT2D eigenvalue weighted by Gasteiger charge is -2.34. The van der Waals surface area contributed by atoms with Gasteiger partial charge in [-0.15, -0.1) is 11.3 Å². The van der Waals surface area contributed by atoms with E-state index in [1.165, 1.54) is 11.3 Å². The molecule has 1 N–H and O–H groups in total. The highest BCUT2D eigenvalue weighted by atomic mass is 32.1. The lowest BCUT2D eigenvalue weighted by atomic mass is 9.97. The summed E-state index contributed by atoms with van der Waals surface area (Å²) in [6, 6.07) is 17.1. The monoisotopic (exact) mass is 474 g/mol. The fourth-order valence-electron chi connectivity index (χ4n) is 4.44. The van der Waals surface area contributed by atoms with Gasteiger partial charge in [0.15, 0.2) is 0 Å². The number of carbonyl (C=O) groups excluding carboxylic acids is 1. The van der Waals surface area contributed by atoms with Crippen LogP contribution in [0.3, 0.4) is 0 Å². The number of hydrogen-bond acceptors (Lipinski definition) is 6. The first-order chi connectivity index (χ1) is 16.5. The maximum atomic E-state index is 13.5. The van der Waals surface area contributed by atoms with Crippen LogP contribution in [0.1, 0.15) is 18.4 Å². The Kier molecular flexibility index (Phi) is 6.06. The molecule has 1 atom stereocenters. The number of nitrogens with zero attached hydrogens (tertiary/aromatic N) is 3. The second-order valence-corrected chi connectivity index (χ2v) is 9.45. The van der Waals surface area contributed by atoms with Gasteiger partial charge in [0.05, 0.1) is 24.2 Å². The van der Waals surface area contributed by atoms with Gasteiger partial charge in [0, 0.05) is 24.8 Å². The number of aryl methyl sites for hydroxylation is 1. The number of methoxy groups -OCH3 is 1. The first-order valence-corrected chi connectivity index (χ1v) is 12.2. The Morgan fingerprint density at radius 2 is 2.03 bits per heavy atom. The van der Waals surface area contributed by atoms with Gasteiger partial charge in [0.25, 0.3) is 5.56 Å². The molecule has 1 aliphatic rings. The third kappa shape index (κ3) is 4.28. The summed E-state index contributed by atoms with van der Waals surface area (Å²) in [5.41, 5.74) is 3.14. The first kappa shape index (κ1) is 22.2. The van der Waals surface area contributed by atoms with E-state index >= 15 is 0 Å². The SMILES string of the molecule is COc1cccc(-n2c(N3CCC[C@@H](C(=O)Nc4cccc(C)c4)C3)nc3ccsc3c2=O)c1. The molecule has 0 bridgehead atoms. The molecule has 2 aromatic carbocycles. The van der Waals surface area contributed by atoms with Gasteiger partial charge >= 0.3 is 0 Å². The van der Waals surface area contributed by atoms with Crippen molar-refractivity contribution in [1.29, 1.82) is 0 Å². The smallest absolute Gasteiger partial charge is 0.277 e. The summed E-state index contributed by atoms with van der Waals surface area (Å²) in [4.78, 5) is 33.5. The first-order valence-electron chi connectivity index (χ1n) is 11.3. The molecule has 2 aromatic heterocycles. The predicted molar refractivity (Wildman–Crippen MR) is 137 cm³/mol. The zero-order valence-corrected chi connectivity index (χ0v) is 20.0. The van der Waals surface area contributed by atoms with Crippen molar-refractivity contribution in [3.8, 4) is 11.4 Å². The molecule has 1 saturated heterocycles. The number of ether oxygens (including phenoxy) is 1. The second-order valence-electron chi connectivity index (χ2n) is 8.53. The van der Waals surface area contributed by atoms with Crippen molar-refractivity contribution >= 4 is 39.1 Å². The average molecular weight is 475 g/mol. The number of thiophene rings is 1. The Bertz CT molecular complexity index is 1410. The van der Waals surface area contributed by atoms with Crippen molar-refractivity contribution in [2.75, 3.05) is 30.4 Å². The number of rotatable bonds is 5. The van der Waals surface area contributed by atoms with Crippen LogP contribution in [0.25, 0.3) is 15.9 Å². The van der Waals surface area contributed by atoms with Crippen molar-refractivity contribution in [2.24, 2.45) is 5.92 Å². The summed E-state index contributed by atoms with van der Waals surface area (Å²) >= 11 is 1.39. The van der Waals surface area contributed by atoms with E-state index in [1.807, 2.05) is 66.9 Å². The van der Waals surface area contributed by atoms with Crippen LogP contribution in [0.4, 0.5) is 11.6 Å². The van der Waals surface area contributed by atoms with E-state index < -0.39 is 0 Å². The van der Waals surface area contributed by atoms with Crippen LogP contribution in [0.5, 0.6) is 5.75 Å². The molecule has 3 heterocycles. The second kappa shape index (κ2) is 9.30. The molecular weight excluding hydrogens is 448 g/mol. The molecule has 7 nitrogen and oxygen atoms in total. The van der Waals surface area contributed by atoms with Gasteiger partial charge in [-0.2, -0.15) is 0 Å². The highest BCUT2D eigenvalue weighted by molar-refractivity contribution is 7.17. The standard InChI is InChI=1S/C26H26N4O3S/c1-17-6-3-8-19(14-17)27-24(31)18-7-5-12-29(16-18)26-28-22-11-13-34-23(22)25(32)30(26)20-9-4-10-21(15-20)33-2/h3-4,6,8-11,13-15,18H,5,7,12,16H2,1-2H3,(H,27,31)/t18-/m1/s1. The van der Waals surface area contributed by atoms with E-state index in [2.05, 4.69) is 10.2 Å². The molecule has 0 spiro atoms. The molecule has 1 aliphatic heterocycles. The van der Waals surface area contributed by atoms with Gasteiger partial charge < -0.3 is 15.0 Å². The van der Waals surface area contributed by atoms with Gasteiger partial charge in [-0.3, -0.25) is 9.59 Å². The predicted octanol–water partition coefficient (Wildman–Crippen LogP) is 4.62. The van der Waals surface area contributed by atoms with Gasteiger partial charge in [0.2, 0.25) is 11.9 Å². The number of carbonyl (C=O) groups is 1. The minimum absolute atomic E-state index is 0.0119. The Morgan fingerprint density at radius 3 is 2.85 bits per heavy atom. The summed E-state index contributed by atoms with van der Waals surface area (Å²) in [6.07, 6.45) is 1.62. The number of hydrogen-bond donors (Lipinski definition) is 1. The van der Waals surface area contributed by atoms with Crippen molar-refractivity contribution in [3.63, 3.8) is 0 Å². The Morgan fingerprint density at radius 1 is 1.18 bits per heavy atom. The van der Waals surface area contributed by atoms with Crippen LogP contribution in [0.15, 0.2) is 64.8 Å². The normalized spacial score (nSPS) is 15.9. The van der Waals surface area contributed by atoms with E-state index in [-0.39, 0.29) is 17.4 Å². The molecule has 8 heteroatoms. The van der Waals surface area contributed by atoms with Gasteiger partial charge in [-0.05, 0) is 61.0 Å². The van der Waals surface area contributed by atoms with E-state index in [0.29, 0.717) is 34.1 Å². The zero-order valence-electron chi connectivity index (χ0n) is 19.2. The summed E-state index contributed by atoms with van der Waals surface area (Å²) in [6.45, 7) is 3.21. The summed E-state index contributed by atoms with van der Waals surface area (Å²) in [7, 11) is 1.60. The third-order valence-electron chi connectivity index (χ3n) is 6.13. The molecule has 0 aliphatic carbocycles. The highest BCUT2D eigenvalue weighted by Crippen LogP contribution is 2.28. The van der Waals surface area contributed by atoms with Crippen LogP contribution < -0.4 is 20.5 Å². The molecule has 1 amide bonds. The molecule has 0 unspecified atom stereocenters. The minimum atomic E-state index is -0.205. The number of piperidine rings is 1. The minimum Gasteiger partial charge on any atom is -0.497 e. The molecule has 1 fully saturated rings. The van der Waals surface area contributed by atoms with Crippen molar-refractivity contribution in [1.82, 2.24) is 9.55 Å². The fraction of sp³-hybridized carbons (Fsp3) is 0.269. The number of aromatic nitrogens is 2. The van der Waals surface area contributed by atoms with Crippen LogP contribution in [-0.2, 0) is 4.79 Å². The number of amides is 1.